The second-order valence-electron chi connectivity index (χ2n) is 6.97. The number of hydrogen-bond acceptors (Lipinski definition) is 6. The Hall–Kier alpha value is -2.35. The summed E-state index contributed by atoms with van der Waals surface area (Å²) in [5.74, 6) is -1.15. The van der Waals surface area contributed by atoms with Gasteiger partial charge in [-0.15, -0.1) is 0 Å². The van der Waals surface area contributed by atoms with E-state index in [-0.39, 0.29) is 24.7 Å². The van der Waals surface area contributed by atoms with Crippen LogP contribution >= 0.6 is 0 Å². The lowest BCUT2D eigenvalue weighted by Crippen LogP contribution is -2.37. The molecule has 1 rings (SSSR count). The molecule has 0 N–H and O–H groups in total. The van der Waals surface area contributed by atoms with Gasteiger partial charge < -0.3 is 14.4 Å². The molecular formula is C19H27NO6S. The number of benzene rings is 1. The Kier molecular flexibility index (Phi) is 8.49. The zero-order valence-electron chi connectivity index (χ0n) is 16.2. The van der Waals surface area contributed by atoms with E-state index in [2.05, 4.69) is 0 Å². The highest BCUT2D eigenvalue weighted by Crippen LogP contribution is 2.09. The van der Waals surface area contributed by atoms with E-state index in [1.807, 2.05) is 30.3 Å². The van der Waals surface area contributed by atoms with Crippen molar-refractivity contribution in [1.82, 2.24) is 4.90 Å². The van der Waals surface area contributed by atoms with E-state index in [0.717, 1.165) is 5.56 Å². The lowest BCUT2D eigenvalue weighted by molar-refractivity contribution is -0.137. The third-order valence-electron chi connectivity index (χ3n) is 3.29. The van der Waals surface area contributed by atoms with E-state index in [1.165, 1.54) is 18.0 Å². The predicted molar refractivity (Wildman–Crippen MR) is 104 cm³/mol. The Morgan fingerprint density at radius 1 is 1.11 bits per heavy atom. The van der Waals surface area contributed by atoms with Gasteiger partial charge in [-0.3, -0.25) is 0 Å². The van der Waals surface area contributed by atoms with Gasteiger partial charge in [0.1, 0.15) is 12.2 Å². The first kappa shape index (κ1) is 22.7. The van der Waals surface area contributed by atoms with Gasteiger partial charge in [0.15, 0.2) is 9.84 Å². The first-order valence-electron chi connectivity index (χ1n) is 8.53. The average molecular weight is 397 g/mol. The molecule has 0 heterocycles. The SMILES string of the molecule is CN(CCS(=O)(=O)CCOC(=O)/C=C/c1ccccc1)C(=O)OC(C)(C)C. The molecule has 0 aliphatic carbocycles. The highest BCUT2D eigenvalue weighted by Gasteiger charge is 2.21. The molecule has 7 nitrogen and oxygen atoms in total. The van der Waals surface area contributed by atoms with E-state index in [9.17, 15) is 18.0 Å². The Bertz CT molecular complexity index is 750. The van der Waals surface area contributed by atoms with Crippen LogP contribution in [0.5, 0.6) is 0 Å². The van der Waals surface area contributed by atoms with Crippen molar-refractivity contribution in [3.05, 3.63) is 42.0 Å². The summed E-state index contributed by atoms with van der Waals surface area (Å²) in [7, 11) is -2.00. The fraction of sp³-hybridized carbons (Fsp3) is 0.474. The molecule has 1 aromatic rings. The smallest absolute Gasteiger partial charge is 0.410 e. The number of amides is 1. The molecule has 8 heteroatoms. The van der Waals surface area contributed by atoms with Gasteiger partial charge in [-0.2, -0.15) is 0 Å². The minimum atomic E-state index is -3.47. The molecule has 0 radical (unpaired) electrons. The largest absolute Gasteiger partial charge is 0.461 e. The monoisotopic (exact) mass is 397 g/mol. The van der Waals surface area contributed by atoms with Crippen molar-refractivity contribution in [2.24, 2.45) is 0 Å². The fourth-order valence-electron chi connectivity index (χ4n) is 1.85. The quantitative estimate of drug-likeness (QED) is 0.495. The number of rotatable bonds is 8. The minimum Gasteiger partial charge on any atom is -0.461 e. The van der Waals surface area contributed by atoms with Crippen LogP contribution in [0.2, 0.25) is 0 Å². The van der Waals surface area contributed by atoms with Crippen LogP contribution in [0, 0.1) is 0 Å². The summed E-state index contributed by atoms with van der Waals surface area (Å²) >= 11 is 0. The number of carbonyl (C=O) groups is 2. The van der Waals surface area contributed by atoms with Crippen LogP contribution in [-0.2, 0) is 24.1 Å². The van der Waals surface area contributed by atoms with Gasteiger partial charge >= 0.3 is 12.1 Å². The molecule has 0 fully saturated rings. The van der Waals surface area contributed by atoms with Gasteiger partial charge in [0, 0.05) is 19.7 Å². The Morgan fingerprint density at radius 2 is 1.74 bits per heavy atom. The summed E-state index contributed by atoms with van der Waals surface area (Å²) in [5.41, 5.74) is 0.193. The van der Waals surface area contributed by atoms with Crippen molar-refractivity contribution in [3.8, 4) is 0 Å². The van der Waals surface area contributed by atoms with E-state index < -0.39 is 27.5 Å². The van der Waals surface area contributed by atoms with Crippen molar-refractivity contribution >= 4 is 28.0 Å². The highest BCUT2D eigenvalue weighted by molar-refractivity contribution is 7.91. The second kappa shape index (κ2) is 10.1. The van der Waals surface area contributed by atoms with Crippen LogP contribution in [0.3, 0.4) is 0 Å². The fourth-order valence-corrected chi connectivity index (χ4v) is 2.95. The van der Waals surface area contributed by atoms with Crippen molar-refractivity contribution in [3.63, 3.8) is 0 Å². The number of hydrogen-bond donors (Lipinski definition) is 0. The van der Waals surface area contributed by atoms with Crippen LogP contribution in [0.4, 0.5) is 4.79 Å². The first-order valence-corrected chi connectivity index (χ1v) is 10.3. The standard InChI is InChI=1S/C19H27NO6S/c1-19(2,3)26-18(22)20(4)12-14-27(23,24)15-13-25-17(21)11-10-16-8-6-5-7-9-16/h5-11H,12-15H2,1-4H3/b11-10+. The Labute approximate surface area is 160 Å². The van der Waals surface area contributed by atoms with Crippen LogP contribution in [0.1, 0.15) is 26.3 Å². The minimum absolute atomic E-state index is 0.000890. The summed E-state index contributed by atoms with van der Waals surface area (Å²) in [6, 6.07) is 9.20. The van der Waals surface area contributed by atoms with Gasteiger partial charge in [-0.25, -0.2) is 18.0 Å². The van der Waals surface area contributed by atoms with Crippen LogP contribution in [0.25, 0.3) is 6.08 Å². The number of sulfone groups is 1. The molecular weight excluding hydrogens is 370 g/mol. The maximum Gasteiger partial charge on any atom is 0.410 e. The van der Waals surface area contributed by atoms with Gasteiger partial charge in [0.25, 0.3) is 0 Å². The summed E-state index contributed by atoms with van der Waals surface area (Å²) in [4.78, 5) is 24.6. The van der Waals surface area contributed by atoms with Gasteiger partial charge in [-0.1, -0.05) is 30.3 Å². The molecule has 150 valence electrons. The Balaban J connectivity index is 2.35. The third kappa shape index (κ3) is 10.4. The molecule has 0 aromatic heterocycles. The number of ether oxygens (including phenoxy) is 2. The Morgan fingerprint density at radius 3 is 2.33 bits per heavy atom. The topological polar surface area (TPSA) is 90.0 Å². The molecule has 1 amide bonds. The molecule has 0 unspecified atom stereocenters. The molecule has 0 saturated heterocycles. The summed E-state index contributed by atoms with van der Waals surface area (Å²) in [5, 5.41) is 0. The van der Waals surface area contributed by atoms with E-state index >= 15 is 0 Å². The molecule has 27 heavy (non-hydrogen) atoms. The first-order chi connectivity index (χ1) is 12.5. The predicted octanol–water partition coefficient (Wildman–Crippen LogP) is 2.52. The second-order valence-corrected chi connectivity index (χ2v) is 9.27. The van der Waals surface area contributed by atoms with Gasteiger partial charge in [0.2, 0.25) is 0 Å². The maximum atomic E-state index is 12.0. The van der Waals surface area contributed by atoms with Crippen LogP contribution in [-0.4, -0.2) is 62.7 Å². The van der Waals surface area contributed by atoms with Crippen molar-refractivity contribution < 1.29 is 27.5 Å². The molecule has 0 spiro atoms. The van der Waals surface area contributed by atoms with Gasteiger partial charge in [-0.05, 0) is 32.4 Å². The summed E-state index contributed by atoms with van der Waals surface area (Å²) in [6.07, 6.45) is 2.25. The van der Waals surface area contributed by atoms with Crippen LogP contribution in [0.15, 0.2) is 36.4 Å². The number of esters is 1. The maximum absolute atomic E-state index is 12.0. The number of carbonyl (C=O) groups excluding carboxylic acids is 2. The molecule has 0 atom stereocenters. The van der Waals surface area contributed by atoms with E-state index in [1.54, 1.807) is 26.8 Å². The molecule has 1 aromatic carbocycles. The van der Waals surface area contributed by atoms with Gasteiger partial charge in [0.05, 0.1) is 11.5 Å². The molecule has 0 saturated carbocycles. The van der Waals surface area contributed by atoms with E-state index in [4.69, 9.17) is 9.47 Å². The number of nitrogens with zero attached hydrogens (tertiary/aromatic N) is 1. The zero-order chi connectivity index (χ0) is 20.5. The highest BCUT2D eigenvalue weighted by atomic mass is 32.2. The van der Waals surface area contributed by atoms with Crippen molar-refractivity contribution in [2.75, 3.05) is 31.7 Å². The van der Waals surface area contributed by atoms with Crippen molar-refractivity contribution in [1.29, 1.82) is 0 Å². The molecule has 0 aliphatic heterocycles. The summed E-state index contributed by atoms with van der Waals surface area (Å²) < 4.78 is 34.1. The average Bonchev–Trinajstić information content (AvgIpc) is 2.57. The normalized spacial score (nSPS) is 12.0. The molecule has 0 aliphatic rings. The van der Waals surface area contributed by atoms with Crippen LogP contribution < -0.4 is 0 Å². The third-order valence-corrected chi connectivity index (χ3v) is 4.89. The lowest BCUT2D eigenvalue weighted by atomic mass is 10.2. The van der Waals surface area contributed by atoms with E-state index in [0.29, 0.717) is 0 Å². The summed E-state index contributed by atoms with van der Waals surface area (Å²) in [6.45, 7) is 4.96. The lowest BCUT2D eigenvalue weighted by Gasteiger charge is -2.24. The molecule has 0 bridgehead atoms. The zero-order valence-corrected chi connectivity index (χ0v) is 17.0. The van der Waals surface area contributed by atoms with Crippen molar-refractivity contribution in [2.45, 2.75) is 26.4 Å².